The van der Waals surface area contributed by atoms with Gasteiger partial charge in [0.15, 0.2) is 0 Å². The van der Waals surface area contributed by atoms with Crippen molar-refractivity contribution in [1.82, 2.24) is 4.98 Å². The van der Waals surface area contributed by atoms with Crippen LogP contribution in [0, 0.1) is 13.8 Å². The fourth-order valence-electron chi connectivity index (χ4n) is 1.06. The predicted octanol–water partition coefficient (Wildman–Crippen LogP) is 2.64. The van der Waals surface area contributed by atoms with Crippen LogP contribution in [0.1, 0.15) is 23.1 Å². The molecule has 1 heterocycles. The van der Waals surface area contributed by atoms with E-state index < -0.39 is 6.43 Å². The summed E-state index contributed by atoms with van der Waals surface area (Å²) in [5.74, 6) is 0. The molecule has 0 amide bonds. The maximum atomic E-state index is 12.3. The van der Waals surface area contributed by atoms with Gasteiger partial charge in [0.25, 0.3) is 6.43 Å². The Bertz CT molecular complexity index is 238. The second kappa shape index (κ2) is 2.95. The molecule has 0 spiro atoms. The van der Waals surface area contributed by atoms with E-state index in [9.17, 15) is 8.78 Å². The number of rotatable bonds is 1. The number of nitrogens with zero attached hydrogens (tertiary/aromatic N) is 1. The largest absolute Gasteiger partial charge is 0.264 e. The summed E-state index contributed by atoms with van der Waals surface area (Å²) < 4.78 is 24.5. The quantitative estimate of drug-likeness (QED) is 0.610. The first-order valence-corrected chi connectivity index (χ1v) is 3.32. The molecule has 0 saturated heterocycles. The van der Waals surface area contributed by atoms with E-state index in [4.69, 9.17) is 0 Å². The summed E-state index contributed by atoms with van der Waals surface area (Å²) in [5.41, 5.74) is 1.22. The summed E-state index contributed by atoms with van der Waals surface area (Å²) in [7, 11) is 0. The molecule has 1 aromatic rings. The third kappa shape index (κ3) is 1.53. The molecule has 1 rings (SSSR count). The third-order valence-electron chi connectivity index (χ3n) is 1.60. The van der Waals surface area contributed by atoms with Crippen LogP contribution in [0.2, 0.25) is 0 Å². The molecule has 0 bridgehead atoms. The van der Waals surface area contributed by atoms with Crippen molar-refractivity contribution in [3.05, 3.63) is 29.1 Å². The molecule has 0 saturated carbocycles. The van der Waals surface area contributed by atoms with Gasteiger partial charge in [0.1, 0.15) is 0 Å². The highest BCUT2D eigenvalue weighted by molar-refractivity contribution is 5.30. The minimum Gasteiger partial charge on any atom is -0.264 e. The van der Waals surface area contributed by atoms with Crippen LogP contribution >= 0.6 is 0 Å². The zero-order valence-corrected chi connectivity index (χ0v) is 6.44. The molecule has 60 valence electrons. The maximum absolute atomic E-state index is 12.3. The van der Waals surface area contributed by atoms with Gasteiger partial charge in [0.2, 0.25) is 0 Å². The van der Waals surface area contributed by atoms with Crippen molar-refractivity contribution in [1.29, 1.82) is 0 Å². The van der Waals surface area contributed by atoms with Gasteiger partial charge >= 0.3 is 0 Å². The van der Waals surface area contributed by atoms with Gasteiger partial charge in [-0.1, -0.05) is 0 Å². The van der Waals surface area contributed by atoms with Gasteiger partial charge in [-0.05, 0) is 25.0 Å². The average molecular weight is 157 g/mol. The highest BCUT2D eigenvalue weighted by Gasteiger charge is 2.12. The number of hydrogen-bond donors (Lipinski definition) is 0. The fraction of sp³-hybridized carbons (Fsp3) is 0.375. The molecule has 3 heteroatoms. The van der Waals surface area contributed by atoms with E-state index in [-0.39, 0.29) is 5.56 Å². The van der Waals surface area contributed by atoms with Gasteiger partial charge in [-0.25, -0.2) is 8.78 Å². The maximum Gasteiger partial charge on any atom is 0.264 e. The van der Waals surface area contributed by atoms with Gasteiger partial charge in [-0.15, -0.1) is 0 Å². The molecule has 1 aromatic heterocycles. The molecule has 0 aliphatic rings. The van der Waals surface area contributed by atoms with Crippen LogP contribution in [0.5, 0.6) is 0 Å². The van der Waals surface area contributed by atoms with Gasteiger partial charge in [0.05, 0.1) is 0 Å². The minimum absolute atomic E-state index is 0.111. The molecular formula is C8H9F2N. The van der Waals surface area contributed by atoms with Crippen molar-refractivity contribution in [2.45, 2.75) is 20.3 Å². The molecule has 1 nitrogen and oxygen atoms in total. The minimum atomic E-state index is -2.39. The number of hydrogen-bond acceptors (Lipinski definition) is 1. The summed E-state index contributed by atoms with van der Waals surface area (Å²) in [4.78, 5) is 3.79. The highest BCUT2D eigenvalue weighted by Crippen LogP contribution is 2.24. The van der Waals surface area contributed by atoms with Crippen molar-refractivity contribution in [2.75, 3.05) is 0 Å². The predicted molar refractivity (Wildman–Crippen MR) is 38.7 cm³/mol. The molecule has 0 aliphatic heterocycles. The summed E-state index contributed by atoms with van der Waals surface area (Å²) in [5, 5.41) is 0. The fourth-order valence-corrected chi connectivity index (χ4v) is 1.06. The monoisotopic (exact) mass is 157 g/mol. The molecular weight excluding hydrogens is 148 g/mol. The van der Waals surface area contributed by atoms with Crippen molar-refractivity contribution in [3.63, 3.8) is 0 Å². The van der Waals surface area contributed by atoms with Gasteiger partial charge in [-0.3, -0.25) is 4.98 Å². The first-order valence-electron chi connectivity index (χ1n) is 3.32. The molecule has 0 radical (unpaired) electrons. The summed E-state index contributed by atoms with van der Waals surface area (Å²) in [6.07, 6.45) is 0.515. The van der Waals surface area contributed by atoms with Gasteiger partial charge in [0, 0.05) is 18.0 Å². The zero-order chi connectivity index (χ0) is 8.43. The van der Waals surface area contributed by atoms with Gasteiger partial charge in [-0.2, -0.15) is 0 Å². The first-order chi connectivity index (χ1) is 5.13. The van der Waals surface area contributed by atoms with Crippen LogP contribution < -0.4 is 0 Å². The lowest BCUT2D eigenvalue weighted by molar-refractivity contribution is 0.149. The van der Waals surface area contributed by atoms with E-state index in [2.05, 4.69) is 4.98 Å². The number of halogens is 2. The Hall–Kier alpha value is -0.990. The smallest absolute Gasteiger partial charge is 0.264 e. The van der Waals surface area contributed by atoms with Crippen molar-refractivity contribution in [3.8, 4) is 0 Å². The molecule has 0 unspecified atom stereocenters. The topological polar surface area (TPSA) is 12.9 Å². The number of aryl methyl sites for hydroxylation is 2. The molecule has 0 aliphatic carbocycles. The van der Waals surface area contributed by atoms with E-state index >= 15 is 0 Å². The Kier molecular flexibility index (Phi) is 2.17. The van der Waals surface area contributed by atoms with Crippen LogP contribution in [-0.2, 0) is 0 Å². The zero-order valence-electron chi connectivity index (χ0n) is 6.44. The van der Waals surface area contributed by atoms with E-state index in [0.29, 0.717) is 11.1 Å². The Labute approximate surface area is 64.1 Å². The number of alkyl halides is 2. The Morgan fingerprint density at radius 1 is 1.18 bits per heavy atom. The lowest BCUT2D eigenvalue weighted by Crippen LogP contribution is -1.94. The number of aromatic nitrogens is 1. The van der Waals surface area contributed by atoms with Crippen LogP contribution in [0.4, 0.5) is 8.78 Å². The highest BCUT2D eigenvalue weighted by atomic mass is 19.3. The van der Waals surface area contributed by atoms with E-state index in [1.54, 1.807) is 13.8 Å². The molecule has 11 heavy (non-hydrogen) atoms. The lowest BCUT2D eigenvalue weighted by Gasteiger charge is -2.06. The summed E-state index contributed by atoms with van der Waals surface area (Å²) >= 11 is 0. The van der Waals surface area contributed by atoms with Crippen LogP contribution in [-0.4, -0.2) is 4.98 Å². The summed E-state index contributed by atoms with van der Waals surface area (Å²) in [6.45, 7) is 3.28. The van der Waals surface area contributed by atoms with Crippen LogP contribution in [0.3, 0.4) is 0 Å². The van der Waals surface area contributed by atoms with Crippen LogP contribution in [0.25, 0.3) is 0 Å². The standard InChI is InChI=1S/C8H9F2N/c1-5-3-11-4-6(2)7(5)8(9)10/h3-4,8H,1-2H3. The van der Waals surface area contributed by atoms with E-state index in [1.165, 1.54) is 12.4 Å². The molecule has 0 aromatic carbocycles. The third-order valence-corrected chi connectivity index (χ3v) is 1.60. The lowest BCUT2D eigenvalue weighted by atomic mass is 10.1. The van der Waals surface area contributed by atoms with Crippen molar-refractivity contribution < 1.29 is 8.78 Å². The van der Waals surface area contributed by atoms with E-state index in [0.717, 1.165) is 0 Å². The van der Waals surface area contributed by atoms with Gasteiger partial charge < -0.3 is 0 Å². The average Bonchev–Trinajstić information content (AvgIpc) is 1.85. The Morgan fingerprint density at radius 3 is 1.91 bits per heavy atom. The Morgan fingerprint density at radius 2 is 1.64 bits per heavy atom. The molecule has 0 atom stereocenters. The van der Waals surface area contributed by atoms with E-state index in [1.807, 2.05) is 0 Å². The SMILES string of the molecule is Cc1cncc(C)c1C(F)F. The van der Waals surface area contributed by atoms with Crippen LogP contribution in [0.15, 0.2) is 12.4 Å². The second-order valence-electron chi connectivity index (χ2n) is 2.49. The Balaban J connectivity index is 3.21. The summed E-state index contributed by atoms with van der Waals surface area (Å²) in [6, 6.07) is 0. The normalized spacial score (nSPS) is 10.6. The molecule has 0 N–H and O–H groups in total. The molecule has 0 fully saturated rings. The number of pyridine rings is 1. The first kappa shape index (κ1) is 8.11. The van der Waals surface area contributed by atoms with Crippen molar-refractivity contribution in [2.24, 2.45) is 0 Å². The second-order valence-corrected chi connectivity index (χ2v) is 2.49. The van der Waals surface area contributed by atoms with Crippen molar-refractivity contribution >= 4 is 0 Å².